The normalized spacial score (nSPS) is 20.0. The van der Waals surface area contributed by atoms with Crippen LogP contribution in [0.4, 0.5) is 11.4 Å². The number of anilines is 2. The molecule has 0 unspecified atom stereocenters. The van der Waals surface area contributed by atoms with E-state index in [2.05, 4.69) is 21.5 Å². The highest BCUT2D eigenvalue weighted by Gasteiger charge is 2.56. The molecule has 8 nitrogen and oxygen atoms in total. The fourth-order valence-corrected chi connectivity index (χ4v) is 4.78. The van der Waals surface area contributed by atoms with E-state index in [4.69, 9.17) is 0 Å². The summed E-state index contributed by atoms with van der Waals surface area (Å²) in [5.41, 5.74) is 3.58. The number of carbonyl (C=O) groups is 2. The standard InChI is InChI=1S/C25H24N6O2/c1-16(32)29-21-5-3-4-20(17-13-28-30(2)14-17)23(21)22-12-19(8-10-27-22)31-11-9-25(15-26,24(31)33)18-6-7-18/h3-5,8,10,12-14,18H,6-7,9,11H2,1-2H3,(H,29,32)/t25-/m1/s1. The topological polar surface area (TPSA) is 104 Å². The fraction of sp³-hybridized carbons (Fsp3) is 0.320. The third kappa shape index (κ3) is 3.55. The molecule has 2 fully saturated rings. The van der Waals surface area contributed by atoms with E-state index < -0.39 is 5.41 Å². The van der Waals surface area contributed by atoms with Crippen molar-refractivity contribution in [2.75, 3.05) is 16.8 Å². The molecule has 1 aliphatic carbocycles. The number of amides is 2. The smallest absolute Gasteiger partial charge is 0.247 e. The van der Waals surface area contributed by atoms with E-state index in [1.807, 2.05) is 37.5 Å². The first-order valence-electron chi connectivity index (χ1n) is 11.0. The quantitative estimate of drug-likeness (QED) is 0.650. The Labute approximate surface area is 191 Å². The summed E-state index contributed by atoms with van der Waals surface area (Å²) in [6, 6.07) is 11.7. The van der Waals surface area contributed by atoms with Crippen LogP contribution in [0, 0.1) is 22.7 Å². The molecule has 5 rings (SSSR count). The van der Waals surface area contributed by atoms with Gasteiger partial charge in [0.05, 0.1) is 23.6 Å². The summed E-state index contributed by atoms with van der Waals surface area (Å²) in [5, 5.41) is 17.0. The van der Waals surface area contributed by atoms with Crippen molar-refractivity contribution in [1.29, 1.82) is 5.26 Å². The highest BCUT2D eigenvalue weighted by molar-refractivity contribution is 6.03. The number of aryl methyl sites for hydroxylation is 1. The predicted molar refractivity (Wildman–Crippen MR) is 124 cm³/mol. The van der Waals surface area contributed by atoms with Crippen molar-refractivity contribution in [2.24, 2.45) is 18.4 Å². The number of rotatable bonds is 5. The van der Waals surface area contributed by atoms with Gasteiger partial charge in [-0.3, -0.25) is 19.3 Å². The minimum atomic E-state index is -0.904. The number of carbonyl (C=O) groups excluding carboxylic acids is 2. The van der Waals surface area contributed by atoms with Crippen molar-refractivity contribution in [3.8, 4) is 28.5 Å². The predicted octanol–water partition coefficient (Wildman–Crippen LogP) is 3.76. The number of benzene rings is 1. The molecule has 0 spiro atoms. The summed E-state index contributed by atoms with van der Waals surface area (Å²) >= 11 is 0. The first-order valence-corrected chi connectivity index (χ1v) is 11.0. The molecule has 2 aromatic heterocycles. The molecule has 2 amide bonds. The van der Waals surface area contributed by atoms with Gasteiger partial charge in [0, 0.05) is 49.7 Å². The minimum absolute atomic E-state index is 0.118. The fourth-order valence-electron chi connectivity index (χ4n) is 4.78. The third-order valence-electron chi connectivity index (χ3n) is 6.53. The zero-order chi connectivity index (χ0) is 23.2. The molecule has 1 saturated heterocycles. The summed E-state index contributed by atoms with van der Waals surface area (Å²) < 4.78 is 1.72. The van der Waals surface area contributed by atoms with Crippen LogP contribution >= 0.6 is 0 Å². The van der Waals surface area contributed by atoms with E-state index >= 15 is 0 Å². The Kier molecular flexibility index (Phi) is 4.97. The van der Waals surface area contributed by atoms with Crippen LogP contribution in [0.5, 0.6) is 0 Å². The van der Waals surface area contributed by atoms with Crippen molar-refractivity contribution in [2.45, 2.75) is 26.2 Å². The lowest BCUT2D eigenvalue weighted by Gasteiger charge is -2.22. The number of hydrogen-bond acceptors (Lipinski definition) is 5. The van der Waals surface area contributed by atoms with Gasteiger partial charge >= 0.3 is 0 Å². The third-order valence-corrected chi connectivity index (χ3v) is 6.53. The van der Waals surface area contributed by atoms with Gasteiger partial charge in [-0.2, -0.15) is 10.4 Å². The molecule has 1 aliphatic heterocycles. The first kappa shape index (κ1) is 20.9. The number of nitrogens with zero attached hydrogens (tertiary/aromatic N) is 5. The number of hydrogen-bond donors (Lipinski definition) is 1. The Hall–Kier alpha value is -3.99. The molecule has 0 radical (unpaired) electrons. The van der Waals surface area contributed by atoms with Crippen molar-refractivity contribution in [3.05, 3.63) is 48.9 Å². The number of nitriles is 1. The zero-order valence-corrected chi connectivity index (χ0v) is 18.6. The van der Waals surface area contributed by atoms with Gasteiger partial charge in [0.25, 0.3) is 0 Å². The van der Waals surface area contributed by atoms with Gasteiger partial charge in [-0.05, 0) is 48.9 Å². The second-order valence-electron chi connectivity index (χ2n) is 8.78. The van der Waals surface area contributed by atoms with Crippen LogP contribution in [0.1, 0.15) is 26.2 Å². The van der Waals surface area contributed by atoms with E-state index in [9.17, 15) is 14.9 Å². The van der Waals surface area contributed by atoms with Crippen LogP contribution < -0.4 is 10.2 Å². The van der Waals surface area contributed by atoms with Crippen molar-refractivity contribution in [3.63, 3.8) is 0 Å². The maximum atomic E-state index is 13.3. The summed E-state index contributed by atoms with van der Waals surface area (Å²) in [5.74, 6) is -0.139. The Morgan fingerprint density at radius 2 is 2.12 bits per heavy atom. The molecule has 1 N–H and O–H groups in total. The summed E-state index contributed by atoms with van der Waals surface area (Å²) in [4.78, 5) is 31.5. The molecule has 166 valence electrons. The van der Waals surface area contributed by atoms with Crippen molar-refractivity contribution in [1.82, 2.24) is 14.8 Å². The Morgan fingerprint density at radius 3 is 2.79 bits per heavy atom. The van der Waals surface area contributed by atoms with Gasteiger partial charge < -0.3 is 10.2 Å². The second-order valence-corrected chi connectivity index (χ2v) is 8.78. The number of pyridine rings is 1. The maximum Gasteiger partial charge on any atom is 0.247 e. The molecule has 3 aromatic rings. The Morgan fingerprint density at radius 1 is 1.30 bits per heavy atom. The molecular weight excluding hydrogens is 416 g/mol. The van der Waals surface area contributed by atoms with Crippen LogP contribution in [-0.4, -0.2) is 33.1 Å². The highest BCUT2D eigenvalue weighted by atomic mass is 16.2. The second kappa shape index (κ2) is 7.85. The molecule has 1 saturated carbocycles. The van der Waals surface area contributed by atoms with E-state index in [0.717, 1.165) is 29.5 Å². The van der Waals surface area contributed by atoms with Crippen molar-refractivity contribution >= 4 is 23.2 Å². The van der Waals surface area contributed by atoms with Crippen LogP contribution in [0.2, 0.25) is 0 Å². The van der Waals surface area contributed by atoms with Gasteiger partial charge in [-0.25, -0.2) is 0 Å². The molecule has 33 heavy (non-hydrogen) atoms. The average molecular weight is 441 g/mol. The molecule has 8 heteroatoms. The molecule has 1 atom stereocenters. The van der Waals surface area contributed by atoms with Crippen molar-refractivity contribution < 1.29 is 9.59 Å². The first-order chi connectivity index (χ1) is 15.9. The number of nitrogens with one attached hydrogen (secondary N) is 1. The van der Waals surface area contributed by atoms with Gasteiger partial charge in [0.2, 0.25) is 11.8 Å². The highest BCUT2D eigenvalue weighted by Crippen LogP contribution is 2.52. The average Bonchev–Trinajstić information content (AvgIpc) is 3.48. The SMILES string of the molecule is CC(=O)Nc1cccc(-c2cnn(C)c2)c1-c1cc(N2CC[C@@](C#N)(C3CC3)C2=O)ccn1. The lowest BCUT2D eigenvalue weighted by atomic mass is 9.83. The monoisotopic (exact) mass is 440 g/mol. The van der Waals surface area contributed by atoms with Gasteiger partial charge in [-0.1, -0.05) is 12.1 Å². The molecule has 1 aromatic carbocycles. The maximum absolute atomic E-state index is 13.3. The summed E-state index contributed by atoms with van der Waals surface area (Å²) in [7, 11) is 1.85. The molecule has 3 heterocycles. The van der Waals surface area contributed by atoms with E-state index in [1.165, 1.54) is 6.92 Å². The lowest BCUT2D eigenvalue weighted by molar-refractivity contribution is -0.123. The summed E-state index contributed by atoms with van der Waals surface area (Å²) in [6.45, 7) is 1.97. The van der Waals surface area contributed by atoms with Crippen LogP contribution in [0.3, 0.4) is 0 Å². The van der Waals surface area contributed by atoms with Gasteiger partial charge in [0.1, 0.15) is 5.41 Å². The summed E-state index contributed by atoms with van der Waals surface area (Å²) in [6.07, 6.45) is 7.76. The molecular formula is C25H24N6O2. The Bertz CT molecular complexity index is 1300. The van der Waals surface area contributed by atoms with E-state index in [-0.39, 0.29) is 17.7 Å². The molecule has 2 aliphatic rings. The number of aromatic nitrogens is 3. The van der Waals surface area contributed by atoms with E-state index in [0.29, 0.717) is 30.0 Å². The lowest BCUT2D eigenvalue weighted by Crippen LogP contribution is -2.35. The van der Waals surface area contributed by atoms with Crippen LogP contribution in [0.25, 0.3) is 22.4 Å². The van der Waals surface area contributed by atoms with Crippen LogP contribution in [-0.2, 0) is 16.6 Å². The van der Waals surface area contributed by atoms with Crippen LogP contribution in [0.15, 0.2) is 48.9 Å². The molecule has 0 bridgehead atoms. The van der Waals surface area contributed by atoms with E-state index in [1.54, 1.807) is 28.0 Å². The van der Waals surface area contributed by atoms with Gasteiger partial charge in [0.15, 0.2) is 0 Å². The minimum Gasteiger partial charge on any atom is -0.326 e. The Balaban J connectivity index is 1.60. The largest absolute Gasteiger partial charge is 0.326 e. The zero-order valence-electron chi connectivity index (χ0n) is 18.6. The van der Waals surface area contributed by atoms with Gasteiger partial charge in [-0.15, -0.1) is 0 Å².